The van der Waals surface area contributed by atoms with Crippen molar-refractivity contribution >= 4 is 17.7 Å². The van der Waals surface area contributed by atoms with Gasteiger partial charge in [0, 0.05) is 46.4 Å². The Labute approximate surface area is 228 Å². The molecule has 7 heteroatoms. The molecule has 4 aromatic rings. The smallest absolute Gasteiger partial charge is 0.160 e. The van der Waals surface area contributed by atoms with E-state index >= 15 is 0 Å². The second-order valence-electron chi connectivity index (χ2n) is 10.5. The second-order valence-corrected chi connectivity index (χ2v) is 10.5. The lowest BCUT2D eigenvalue weighted by atomic mass is 9.63. The Bertz CT molecular complexity index is 1570. The highest BCUT2D eigenvalue weighted by molar-refractivity contribution is 6.09. The van der Waals surface area contributed by atoms with Crippen LogP contribution in [0.25, 0.3) is 22.4 Å². The Morgan fingerprint density at radius 1 is 1.03 bits per heavy atom. The van der Waals surface area contributed by atoms with Gasteiger partial charge in [-0.05, 0) is 55.2 Å². The van der Waals surface area contributed by atoms with Crippen LogP contribution in [-0.2, 0) is 5.54 Å². The highest BCUT2D eigenvalue weighted by Crippen LogP contribution is 2.46. The number of hydrogen-bond acceptors (Lipinski definition) is 7. The molecule has 2 aromatic heterocycles. The standard InChI is InChI=1S/C32H30N6O/c1-3-28(23-13-15-34-16-14-23)37-38-21-35-18-25-17-27(22-7-5-4-6-8-22)29(36-30(25)38)24-9-11-26(12-10-24)32(33)19-31(2,39)20-32/h3-18,39H,1,19-21,33H2,2H3. The lowest BCUT2D eigenvalue weighted by Gasteiger charge is -2.49. The summed E-state index contributed by atoms with van der Waals surface area (Å²) >= 11 is 0. The number of hydrazone groups is 1. The van der Waals surface area contributed by atoms with E-state index in [0.717, 1.165) is 44.9 Å². The molecule has 0 radical (unpaired) electrons. The molecule has 1 aliphatic heterocycles. The molecule has 0 saturated heterocycles. The fourth-order valence-electron chi connectivity index (χ4n) is 5.58. The molecule has 0 bridgehead atoms. The molecular weight excluding hydrogens is 484 g/mol. The van der Waals surface area contributed by atoms with Crippen molar-refractivity contribution in [3.63, 3.8) is 0 Å². The summed E-state index contributed by atoms with van der Waals surface area (Å²) in [6, 6.07) is 24.4. The van der Waals surface area contributed by atoms with Crippen molar-refractivity contribution in [1.82, 2.24) is 9.97 Å². The maximum atomic E-state index is 10.3. The topological polar surface area (TPSA) is 100.0 Å². The SMILES string of the molecule is C=CC(=NN1CN=Cc2cc(-c3ccccc3)c(-c3ccc(C4(N)CC(C)(O)C4)cc3)nc21)c1ccncc1. The number of pyridine rings is 2. The molecule has 0 amide bonds. The van der Waals surface area contributed by atoms with Gasteiger partial charge in [0.05, 0.1) is 17.0 Å². The highest BCUT2D eigenvalue weighted by Gasteiger charge is 2.49. The Hall–Kier alpha value is -4.46. The first-order valence-corrected chi connectivity index (χ1v) is 13.0. The zero-order valence-electron chi connectivity index (χ0n) is 21.8. The summed E-state index contributed by atoms with van der Waals surface area (Å²) in [7, 11) is 0. The van der Waals surface area contributed by atoms with Gasteiger partial charge in [0.25, 0.3) is 0 Å². The predicted molar refractivity (Wildman–Crippen MR) is 157 cm³/mol. The molecule has 0 spiro atoms. The van der Waals surface area contributed by atoms with E-state index in [1.807, 2.05) is 48.5 Å². The summed E-state index contributed by atoms with van der Waals surface area (Å²) in [6.45, 7) is 6.15. The molecule has 3 heterocycles. The lowest BCUT2D eigenvalue weighted by Crippen LogP contribution is -2.58. The number of aliphatic imine (C=N–C) groups is 1. The van der Waals surface area contributed by atoms with E-state index in [2.05, 4.69) is 59.0 Å². The summed E-state index contributed by atoms with van der Waals surface area (Å²) in [5.41, 5.74) is 12.8. The first-order chi connectivity index (χ1) is 18.9. The van der Waals surface area contributed by atoms with Crippen LogP contribution in [0.1, 0.15) is 36.5 Å². The minimum absolute atomic E-state index is 0.348. The zero-order valence-corrected chi connectivity index (χ0v) is 21.8. The van der Waals surface area contributed by atoms with E-state index in [9.17, 15) is 5.11 Å². The maximum absolute atomic E-state index is 10.3. The van der Waals surface area contributed by atoms with Crippen molar-refractivity contribution < 1.29 is 5.11 Å². The Morgan fingerprint density at radius 3 is 2.41 bits per heavy atom. The van der Waals surface area contributed by atoms with Crippen LogP contribution in [0.2, 0.25) is 0 Å². The van der Waals surface area contributed by atoms with Gasteiger partial charge in [-0.25, -0.2) is 9.99 Å². The van der Waals surface area contributed by atoms with Gasteiger partial charge in [0.15, 0.2) is 5.82 Å². The normalized spacial score (nSPS) is 22.2. The van der Waals surface area contributed by atoms with Crippen molar-refractivity contribution in [1.29, 1.82) is 0 Å². The summed E-state index contributed by atoms with van der Waals surface area (Å²) in [5.74, 6) is 0.725. The number of nitrogens with zero attached hydrogens (tertiary/aromatic N) is 5. The van der Waals surface area contributed by atoms with Crippen molar-refractivity contribution in [3.05, 3.63) is 115 Å². The molecule has 39 heavy (non-hydrogen) atoms. The van der Waals surface area contributed by atoms with E-state index in [-0.39, 0.29) is 0 Å². The highest BCUT2D eigenvalue weighted by atomic mass is 16.3. The van der Waals surface area contributed by atoms with Crippen LogP contribution in [0.3, 0.4) is 0 Å². The van der Waals surface area contributed by atoms with Gasteiger partial charge in [0.2, 0.25) is 0 Å². The lowest BCUT2D eigenvalue weighted by molar-refractivity contribution is -0.0738. The van der Waals surface area contributed by atoms with Gasteiger partial charge < -0.3 is 10.8 Å². The van der Waals surface area contributed by atoms with E-state index in [1.54, 1.807) is 18.5 Å². The molecule has 1 saturated carbocycles. The van der Waals surface area contributed by atoms with Gasteiger partial charge in [0.1, 0.15) is 6.67 Å². The summed E-state index contributed by atoms with van der Waals surface area (Å²) in [4.78, 5) is 13.8. The molecule has 6 rings (SSSR count). The summed E-state index contributed by atoms with van der Waals surface area (Å²) in [6.07, 6.45) is 8.14. The molecule has 0 unspecified atom stereocenters. The molecule has 194 valence electrons. The number of aliphatic hydroxyl groups is 1. The van der Waals surface area contributed by atoms with E-state index in [1.165, 1.54) is 0 Å². The van der Waals surface area contributed by atoms with Crippen LogP contribution in [0.15, 0.2) is 108 Å². The number of hydrogen-bond donors (Lipinski definition) is 2. The van der Waals surface area contributed by atoms with Gasteiger partial charge in [-0.15, -0.1) is 0 Å². The van der Waals surface area contributed by atoms with Crippen molar-refractivity contribution in [2.75, 3.05) is 11.7 Å². The average Bonchev–Trinajstić information content (AvgIpc) is 2.95. The number of benzene rings is 2. The van der Waals surface area contributed by atoms with Gasteiger partial charge >= 0.3 is 0 Å². The van der Waals surface area contributed by atoms with Crippen LogP contribution in [0, 0.1) is 0 Å². The van der Waals surface area contributed by atoms with Crippen LogP contribution in [-0.4, -0.2) is 39.3 Å². The Morgan fingerprint density at radius 2 is 1.74 bits per heavy atom. The first kappa shape index (κ1) is 24.9. The molecule has 3 N–H and O–H groups in total. The third-order valence-corrected chi connectivity index (χ3v) is 7.33. The van der Waals surface area contributed by atoms with Gasteiger partial charge in [-0.2, -0.15) is 5.10 Å². The Kier molecular flexibility index (Phi) is 6.17. The van der Waals surface area contributed by atoms with Gasteiger partial charge in [-0.3, -0.25) is 9.98 Å². The third-order valence-electron chi connectivity index (χ3n) is 7.33. The van der Waals surface area contributed by atoms with Crippen LogP contribution >= 0.6 is 0 Å². The summed E-state index contributed by atoms with van der Waals surface area (Å²) < 4.78 is 0. The third kappa shape index (κ3) is 4.78. The molecule has 2 aliphatic rings. The fraction of sp³-hybridized carbons (Fsp3) is 0.188. The summed E-state index contributed by atoms with van der Waals surface area (Å²) in [5, 5.41) is 16.9. The average molecular weight is 515 g/mol. The monoisotopic (exact) mass is 514 g/mol. The van der Waals surface area contributed by atoms with Crippen LogP contribution in [0.5, 0.6) is 0 Å². The van der Waals surface area contributed by atoms with Crippen molar-refractivity contribution in [2.45, 2.75) is 30.9 Å². The number of anilines is 1. The minimum atomic E-state index is -0.708. The van der Waals surface area contributed by atoms with Crippen LogP contribution < -0.4 is 10.7 Å². The first-order valence-electron chi connectivity index (χ1n) is 13.0. The maximum Gasteiger partial charge on any atom is 0.160 e. The van der Waals surface area contributed by atoms with E-state index < -0.39 is 11.1 Å². The molecule has 1 fully saturated rings. The second kappa shape index (κ2) is 9.69. The largest absolute Gasteiger partial charge is 0.390 e. The van der Waals surface area contributed by atoms with Gasteiger partial charge in [-0.1, -0.05) is 61.2 Å². The number of aromatic nitrogens is 2. The van der Waals surface area contributed by atoms with Crippen molar-refractivity contribution in [3.8, 4) is 22.4 Å². The number of allylic oxidation sites excluding steroid dienone is 1. The molecular formula is C32H30N6O. The van der Waals surface area contributed by atoms with E-state index in [0.29, 0.717) is 25.2 Å². The number of rotatable bonds is 6. The fourth-order valence-corrected chi connectivity index (χ4v) is 5.58. The van der Waals surface area contributed by atoms with Crippen molar-refractivity contribution in [2.24, 2.45) is 15.8 Å². The number of fused-ring (bicyclic) bond motifs is 1. The van der Waals surface area contributed by atoms with Crippen LogP contribution in [0.4, 0.5) is 5.82 Å². The minimum Gasteiger partial charge on any atom is -0.390 e. The zero-order chi connectivity index (χ0) is 27.0. The quantitative estimate of drug-likeness (QED) is 0.340. The molecule has 0 atom stereocenters. The molecule has 7 nitrogen and oxygen atoms in total. The molecule has 1 aliphatic carbocycles. The van der Waals surface area contributed by atoms with E-state index in [4.69, 9.17) is 15.8 Å². The number of nitrogens with two attached hydrogens (primary N) is 1. The predicted octanol–water partition coefficient (Wildman–Crippen LogP) is 5.30. The Balaban J connectivity index is 1.45. The molecule has 2 aromatic carbocycles.